The van der Waals surface area contributed by atoms with Gasteiger partial charge in [0, 0.05) is 18.9 Å². The van der Waals surface area contributed by atoms with Crippen LogP contribution < -0.4 is 0 Å². The Morgan fingerprint density at radius 1 is 1.16 bits per heavy atom. The van der Waals surface area contributed by atoms with Crippen LogP contribution in [0.5, 0.6) is 0 Å². The first-order valence-corrected chi connectivity index (χ1v) is 9.55. The number of hydrogen-bond acceptors (Lipinski definition) is 6. The first-order valence-electron chi connectivity index (χ1n) is 7.98. The zero-order valence-electron chi connectivity index (χ0n) is 14.7. The van der Waals surface area contributed by atoms with E-state index in [0.717, 1.165) is 0 Å². The van der Waals surface area contributed by atoms with Gasteiger partial charge in [-0.05, 0) is 26.3 Å². The lowest BCUT2D eigenvalue weighted by molar-refractivity contribution is 0.0302. The van der Waals surface area contributed by atoms with Gasteiger partial charge in [0.05, 0.1) is 6.61 Å². The van der Waals surface area contributed by atoms with Crippen LogP contribution in [0.3, 0.4) is 0 Å². The van der Waals surface area contributed by atoms with Gasteiger partial charge in [-0.2, -0.15) is 8.42 Å². The summed E-state index contributed by atoms with van der Waals surface area (Å²) >= 11 is 0. The number of hydrogen-bond donors (Lipinski definition) is 0. The topological polar surface area (TPSA) is 76.2 Å². The second-order valence-electron chi connectivity index (χ2n) is 6.71. The van der Waals surface area contributed by atoms with Gasteiger partial charge in [0.2, 0.25) is 0 Å². The molecule has 0 bridgehead atoms. The van der Waals surface area contributed by atoms with E-state index >= 15 is 0 Å². The van der Waals surface area contributed by atoms with E-state index in [-0.39, 0.29) is 12.4 Å². The molecule has 1 aliphatic heterocycles. The number of ether oxygens (including phenoxy) is 1. The Morgan fingerprint density at radius 2 is 1.84 bits per heavy atom. The monoisotopic (exact) mass is 368 g/mol. The summed E-state index contributed by atoms with van der Waals surface area (Å²) in [5.74, 6) is -0.159. The highest BCUT2D eigenvalue weighted by atomic mass is 32.2. The molecule has 0 aromatic heterocycles. The number of benzene rings is 1. The van der Waals surface area contributed by atoms with Gasteiger partial charge in [-0.25, -0.2) is 4.79 Å². The molecule has 0 unspecified atom stereocenters. The van der Waals surface area contributed by atoms with Crippen LogP contribution >= 0.6 is 0 Å². The third-order valence-corrected chi connectivity index (χ3v) is 4.46. The number of amides is 1. The van der Waals surface area contributed by atoms with Gasteiger partial charge in [-0.1, -0.05) is 30.3 Å². The fourth-order valence-corrected chi connectivity index (χ4v) is 3.16. The van der Waals surface area contributed by atoms with Gasteiger partial charge in [0.1, 0.15) is 18.0 Å². The molecule has 0 spiro atoms. The molecule has 7 nitrogen and oxygen atoms in total. The Kier molecular flexibility index (Phi) is 6.07. The fourth-order valence-electron chi connectivity index (χ4n) is 2.15. The first kappa shape index (κ1) is 19.3. The van der Waals surface area contributed by atoms with Gasteiger partial charge in [-0.15, -0.1) is 0 Å². The van der Waals surface area contributed by atoms with Crippen LogP contribution in [0.2, 0.25) is 0 Å². The zero-order chi connectivity index (χ0) is 18.5. The third kappa shape index (κ3) is 6.75. The maximum Gasteiger partial charge on any atom is 0.415 e. The lowest BCUT2D eigenvalue weighted by Gasteiger charge is -2.24. The van der Waals surface area contributed by atoms with E-state index in [4.69, 9.17) is 8.92 Å². The van der Waals surface area contributed by atoms with Crippen LogP contribution in [-0.2, 0) is 24.8 Å². The smallest absolute Gasteiger partial charge is 0.415 e. The highest BCUT2D eigenvalue weighted by Crippen LogP contribution is 2.14. The summed E-state index contributed by atoms with van der Waals surface area (Å²) in [6.45, 7) is 6.07. The second kappa shape index (κ2) is 7.88. The highest BCUT2D eigenvalue weighted by Gasteiger charge is 2.24. The average molecular weight is 368 g/mol. The number of carbonyl (C=O) groups is 1. The molecular weight excluding hydrogens is 344 g/mol. The summed E-state index contributed by atoms with van der Waals surface area (Å²) in [7, 11) is -3.64. The van der Waals surface area contributed by atoms with E-state index in [1.54, 1.807) is 62.3 Å². The quantitative estimate of drug-likeness (QED) is 0.718. The normalized spacial score (nSPS) is 14.8. The Hall–Kier alpha value is -2.06. The number of rotatable bonds is 6. The molecule has 0 aliphatic carbocycles. The molecule has 0 fully saturated rings. The molecule has 1 aliphatic rings. The van der Waals surface area contributed by atoms with Crippen LogP contribution in [0, 0.1) is 0 Å². The van der Waals surface area contributed by atoms with E-state index in [9.17, 15) is 13.2 Å². The van der Waals surface area contributed by atoms with Crippen LogP contribution in [-0.4, -0.2) is 49.7 Å². The number of nitrogens with zero attached hydrogens (tertiary/aromatic N) is 2. The van der Waals surface area contributed by atoms with Crippen molar-refractivity contribution in [1.82, 2.24) is 9.80 Å². The maximum absolute atomic E-state index is 12.0. The highest BCUT2D eigenvalue weighted by molar-refractivity contribution is 7.85. The summed E-state index contributed by atoms with van der Waals surface area (Å²) in [4.78, 5) is 15.1. The van der Waals surface area contributed by atoms with Gasteiger partial charge in [0.25, 0.3) is 10.1 Å². The zero-order valence-corrected chi connectivity index (χ0v) is 15.5. The van der Waals surface area contributed by atoms with Crippen molar-refractivity contribution < 1.29 is 22.1 Å². The second-order valence-corrected chi connectivity index (χ2v) is 8.35. The molecule has 0 saturated heterocycles. The minimum absolute atomic E-state index is 0.0155. The van der Waals surface area contributed by atoms with Crippen molar-refractivity contribution >= 4 is 16.2 Å². The minimum atomic E-state index is -3.64. The summed E-state index contributed by atoms with van der Waals surface area (Å²) in [5.41, 5.74) is 0.118. The molecule has 0 N–H and O–H groups in total. The van der Waals surface area contributed by atoms with Crippen LogP contribution in [0.1, 0.15) is 26.3 Å². The Balaban J connectivity index is 1.74. The van der Waals surface area contributed by atoms with Gasteiger partial charge in [-0.3, -0.25) is 9.08 Å². The molecule has 0 saturated carbocycles. The lowest BCUT2D eigenvalue weighted by Crippen LogP contribution is -2.36. The van der Waals surface area contributed by atoms with E-state index in [0.29, 0.717) is 18.8 Å². The predicted octanol–water partition coefficient (Wildman–Crippen LogP) is 2.51. The van der Waals surface area contributed by atoms with Gasteiger partial charge >= 0.3 is 6.09 Å². The van der Waals surface area contributed by atoms with Gasteiger partial charge < -0.3 is 9.64 Å². The molecule has 1 aromatic carbocycles. The predicted molar refractivity (Wildman–Crippen MR) is 93.8 cm³/mol. The van der Waals surface area contributed by atoms with Crippen molar-refractivity contribution in [3.8, 4) is 0 Å². The fraction of sp³-hybridized carbons (Fsp3) is 0.471. The molecule has 0 atom stereocenters. The molecule has 2 rings (SSSR count). The average Bonchev–Trinajstić information content (AvgIpc) is 2.95. The van der Waals surface area contributed by atoms with Crippen LogP contribution in [0.25, 0.3) is 0 Å². The Morgan fingerprint density at radius 3 is 2.48 bits per heavy atom. The van der Waals surface area contributed by atoms with E-state index in [2.05, 4.69) is 0 Å². The van der Waals surface area contributed by atoms with Crippen molar-refractivity contribution in [3.05, 3.63) is 48.3 Å². The number of carbonyl (C=O) groups excluding carboxylic acids is 1. The van der Waals surface area contributed by atoms with Gasteiger partial charge in [0.15, 0.2) is 0 Å². The SMILES string of the molecule is CC(C)(C)OC(=O)N1C=CN(CCOS(=O)(=O)Cc2ccccc2)C1. The largest absolute Gasteiger partial charge is 0.443 e. The standard InChI is InChI=1S/C17H24N2O5S/c1-17(2,3)24-16(20)19-10-9-18(14-19)11-12-23-25(21,22)13-15-7-5-4-6-8-15/h4-10H,11-14H2,1-3H3. The molecule has 1 heterocycles. The van der Waals surface area contributed by atoms with Crippen LogP contribution in [0.4, 0.5) is 4.79 Å². The third-order valence-electron chi connectivity index (χ3n) is 3.25. The summed E-state index contributed by atoms with van der Waals surface area (Å²) < 4.78 is 34.2. The van der Waals surface area contributed by atoms with Crippen molar-refractivity contribution in [2.24, 2.45) is 0 Å². The van der Waals surface area contributed by atoms with Crippen molar-refractivity contribution in [2.45, 2.75) is 32.1 Å². The molecular formula is C17H24N2O5S. The van der Waals surface area contributed by atoms with E-state index in [1.165, 1.54) is 4.90 Å². The molecule has 8 heteroatoms. The minimum Gasteiger partial charge on any atom is -0.443 e. The van der Waals surface area contributed by atoms with Crippen molar-refractivity contribution in [1.29, 1.82) is 0 Å². The Labute approximate surface area is 148 Å². The van der Waals surface area contributed by atoms with Crippen molar-refractivity contribution in [2.75, 3.05) is 19.8 Å². The van der Waals surface area contributed by atoms with Crippen molar-refractivity contribution in [3.63, 3.8) is 0 Å². The molecule has 1 aromatic rings. The van der Waals surface area contributed by atoms with E-state index < -0.39 is 21.8 Å². The maximum atomic E-state index is 12.0. The summed E-state index contributed by atoms with van der Waals surface area (Å²) in [6.07, 6.45) is 2.87. The lowest BCUT2D eigenvalue weighted by atomic mass is 10.2. The molecule has 0 radical (unpaired) electrons. The van der Waals surface area contributed by atoms with Crippen LogP contribution in [0.15, 0.2) is 42.7 Å². The summed E-state index contributed by atoms with van der Waals surface area (Å²) in [6, 6.07) is 8.87. The summed E-state index contributed by atoms with van der Waals surface area (Å²) in [5, 5.41) is 0. The molecule has 25 heavy (non-hydrogen) atoms. The molecule has 1 amide bonds. The first-order chi connectivity index (χ1) is 11.6. The Bertz CT molecular complexity index is 710. The van der Waals surface area contributed by atoms with E-state index in [1.807, 2.05) is 6.07 Å². The molecule has 138 valence electrons.